The number of carbonyl (C=O) groups excluding carboxylic acids is 1. The lowest BCUT2D eigenvalue weighted by Crippen LogP contribution is -2.51. The van der Waals surface area contributed by atoms with Crippen LogP contribution in [0, 0.1) is 25.7 Å². The first kappa shape index (κ1) is 16.5. The number of benzene rings is 1. The Hall–Kier alpha value is -1.40. The molecule has 1 aromatic rings. The summed E-state index contributed by atoms with van der Waals surface area (Å²) in [6, 6.07) is 5.40. The molecule has 1 heterocycles. The van der Waals surface area contributed by atoms with Crippen molar-refractivity contribution in [2.45, 2.75) is 32.1 Å². The summed E-state index contributed by atoms with van der Waals surface area (Å²) in [6.45, 7) is 7.60. The summed E-state index contributed by atoms with van der Waals surface area (Å²) >= 11 is 0. The van der Waals surface area contributed by atoms with Crippen LogP contribution in [0.4, 0.5) is 0 Å². The molecule has 6 heteroatoms. The molecule has 1 amide bonds. The molecule has 2 atom stereocenters. The summed E-state index contributed by atoms with van der Waals surface area (Å²) in [6.07, 6.45) is 0.972. The van der Waals surface area contributed by atoms with E-state index in [0.717, 1.165) is 17.5 Å². The fraction of sp³-hybridized carbons (Fsp3) is 0.588. The van der Waals surface area contributed by atoms with Gasteiger partial charge in [0.05, 0.1) is 4.90 Å². The average molecular weight is 336 g/mol. The second-order valence-corrected chi connectivity index (χ2v) is 8.72. The molecule has 126 valence electrons. The van der Waals surface area contributed by atoms with Crippen LogP contribution in [0.25, 0.3) is 0 Å². The van der Waals surface area contributed by atoms with E-state index in [1.54, 1.807) is 6.07 Å². The van der Waals surface area contributed by atoms with Crippen LogP contribution in [0.3, 0.4) is 0 Å². The predicted octanol–water partition coefficient (Wildman–Crippen LogP) is 1.79. The van der Waals surface area contributed by atoms with Gasteiger partial charge in [0, 0.05) is 32.1 Å². The van der Waals surface area contributed by atoms with Crippen molar-refractivity contribution in [1.29, 1.82) is 0 Å². The highest BCUT2D eigenvalue weighted by atomic mass is 32.2. The van der Waals surface area contributed by atoms with Crippen molar-refractivity contribution in [3.8, 4) is 0 Å². The fourth-order valence-corrected chi connectivity index (χ4v) is 4.91. The minimum absolute atomic E-state index is 0.164. The molecule has 0 unspecified atom stereocenters. The molecule has 1 aliphatic carbocycles. The summed E-state index contributed by atoms with van der Waals surface area (Å²) in [5, 5.41) is 0. The molecule has 0 bridgehead atoms. The van der Waals surface area contributed by atoms with Crippen LogP contribution < -0.4 is 0 Å². The zero-order valence-electron chi connectivity index (χ0n) is 13.9. The molecule has 3 rings (SSSR count). The molecule has 1 aromatic carbocycles. The smallest absolute Gasteiger partial charge is 0.243 e. The maximum atomic E-state index is 12.8. The lowest BCUT2D eigenvalue weighted by molar-refractivity contribution is -0.134. The van der Waals surface area contributed by atoms with E-state index < -0.39 is 10.0 Å². The van der Waals surface area contributed by atoms with Gasteiger partial charge in [-0.1, -0.05) is 24.6 Å². The standard InChI is InChI=1S/C17H24N2O3S/c1-12-4-5-16(14(3)10-12)23(21,22)19-8-6-18(7-9-19)17(20)15-11-13(15)2/h4-5,10,13,15H,6-9,11H2,1-3H3/t13-,15+/m1/s1. The Balaban J connectivity index is 1.70. The minimum Gasteiger partial charge on any atom is -0.340 e. The van der Waals surface area contributed by atoms with Crippen molar-refractivity contribution >= 4 is 15.9 Å². The third kappa shape index (κ3) is 3.15. The third-order valence-electron chi connectivity index (χ3n) is 4.93. The number of hydrogen-bond donors (Lipinski definition) is 0. The maximum Gasteiger partial charge on any atom is 0.243 e. The lowest BCUT2D eigenvalue weighted by Gasteiger charge is -2.34. The van der Waals surface area contributed by atoms with Gasteiger partial charge < -0.3 is 4.90 Å². The highest BCUT2D eigenvalue weighted by Crippen LogP contribution is 2.39. The van der Waals surface area contributed by atoms with Crippen molar-refractivity contribution in [3.63, 3.8) is 0 Å². The van der Waals surface area contributed by atoms with Crippen LogP contribution in [-0.2, 0) is 14.8 Å². The molecule has 0 aromatic heterocycles. The largest absolute Gasteiger partial charge is 0.340 e. The number of rotatable bonds is 3. The molecule has 0 N–H and O–H groups in total. The molecule has 0 spiro atoms. The van der Waals surface area contributed by atoms with E-state index in [1.807, 2.05) is 30.9 Å². The molecular weight excluding hydrogens is 312 g/mol. The number of nitrogens with zero attached hydrogens (tertiary/aromatic N) is 2. The first-order valence-corrected chi connectivity index (χ1v) is 9.61. The van der Waals surface area contributed by atoms with Gasteiger partial charge in [-0.2, -0.15) is 4.31 Å². The van der Waals surface area contributed by atoms with Crippen LogP contribution >= 0.6 is 0 Å². The van der Waals surface area contributed by atoms with Crippen LogP contribution in [0.5, 0.6) is 0 Å². The normalized spacial score (nSPS) is 25.4. The van der Waals surface area contributed by atoms with E-state index in [2.05, 4.69) is 6.92 Å². The van der Waals surface area contributed by atoms with Crippen LogP contribution in [0.2, 0.25) is 0 Å². The first-order valence-electron chi connectivity index (χ1n) is 8.17. The van der Waals surface area contributed by atoms with Gasteiger partial charge in [-0.15, -0.1) is 0 Å². The number of amides is 1. The van der Waals surface area contributed by atoms with E-state index in [4.69, 9.17) is 0 Å². The van der Waals surface area contributed by atoms with Gasteiger partial charge in [-0.25, -0.2) is 8.42 Å². The molecule has 2 aliphatic rings. The highest BCUT2D eigenvalue weighted by molar-refractivity contribution is 7.89. The lowest BCUT2D eigenvalue weighted by atomic mass is 10.2. The van der Waals surface area contributed by atoms with Crippen LogP contribution in [0.1, 0.15) is 24.5 Å². The Morgan fingerprint density at radius 2 is 1.74 bits per heavy atom. The molecule has 0 radical (unpaired) electrons. The Labute approximate surface area is 138 Å². The monoisotopic (exact) mass is 336 g/mol. The molecule has 2 fully saturated rings. The summed E-state index contributed by atoms with van der Waals surface area (Å²) in [7, 11) is -3.48. The zero-order valence-corrected chi connectivity index (χ0v) is 14.8. The van der Waals surface area contributed by atoms with Gasteiger partial charge in [0.2, 0.25) is 15.9 Å². The van der Waals surface area contributed by atoms with E-state index in [0.29, 0.717) is 37.0 Å². The maximum absolute atomic E-state index is 12.8. The Kier molecular flexibility index (Phi) is 4.23. The Morgan fingerprint density at radius 1 is 1.13 bits per heavy atom. The van der Waals surface area contributed by atoms with Gasteiger partial charge >= 0.3 is 0 Å². The minimum atomic E-state index is -3.48. The highest BCUT2D eigenvalue weighted by Gasteiger charge is 2.42. The molecule has 23 heavy (non-hydrogen) atoms. The van der Waals surface area contributed by atoms with Gasteiger partial charge in [0.1, 0.15) is 0 Å². The average Bonchev–Trinajstić information content (AvgIpc) is 3.23. The van der Waals surface area contributed by atoms with Gasteiger partial charge in [0.15, 0.2) is 0 Å². The summed E-state index contributed by atoms with van der Waals surface area (Å²) in [5.74, 6) is 0.845. The molecular formula is C17H24N2O3S. The van der Waals surface area contributed by atoms with Crippen LogP contribution in [-0.4, -0.2) is 49.7 Å². The Morgan fingerprint density at radius 3 is 2.26 bits per heavy atom. The number of aryl methyl sites for hydroxylation is 2. The summed E-state index contributed by atoms with van der Waals surface area (Å²) in [4.78, 5) is 14.4. The van der Waals surface area contributed by atoms with Crippen molar-refractivity contribution in [3.05, 3.63) is 29.3 Å². The molecule has 1 saturated carbocycles. The number of piperazine rings is 1. The SMILES string of the molecule is Cc1ccc(S(=O)(=O)N2CCN(C(=O)[C@H]3C[C@H]3C)CC2)c(C)c1. The van der Waals surface area contributed by atoms with Gasteiger partial charge in [0.25, 0.3) is 0 Å². The molecule has 1 saturated heterocycles. The molecule has 1 aliphatic heterocycles. The van der Waals surface area contributed by atoms with E-state index in [-0.39, 0.29) is 11.8 Å². The zero-order chi connectivity index (χ0) is 16.8. The first-order chi connectivity index (χ1) is 10.8. The molecule has 5 nitrogen and oxygen atoms in total. The van der Waals surface area contributed by atoms with Crippen molar-refractivity contribution in [2.75, 3.05) is 26.2 Å². The van der Waals surface area contributed by atoms with E-state index in [9.17, 15) is 13.2 Å². The summed E-state index contributed by atoms with van der Waals surface area (Å²) < 4.78 is 27.1. The Bertz CT molecular complexity index is 721. The number of sulfonamides is 1. The number of hydrogen-bond acceptors (Lipinski definition) is 3. The second kappa shape index (κ2) is 5.91. The predicted molar refractivity (Wildman–Crippen MR) is 88.5 cm³/mol. The third-order valence-corrected chi connectivity index (χ3v) is 6.98. The number of carbonyl (C=O) groups is 1. The van der Waals surface area contributed by atoms with Gasteiger partial charge in [-0.3, -0.25) is 4.79 Å². The van der Waals surface area contributed by atoms with E-state index in [1.165, 1.54) is 4.31 Å². The van der Waals surface area contributed by atoms with Crippen LogP contribution in [0.15, 0.2) is 23.1 Å². The van der Waals surface area contributed by atoms with E-state index >= 15 is 0 Å². The summed E-state index contributed by atoms with van der Waals surface area (Å²) in [5.41, 5.74) is 1.82. The topological polar surface area (TPSA) is 57.7 Å². The quantitative estimate of drug-likeness (QED) is 0.846. The van der Waals surface area contributed by atoms with Crippen molar-refractivity contribution in [1.82, 2.24) is 9.21 Å². The second-order valence-electron chi connectivity index (χ2n) is 6.82. The van der Waals surface area contributed by atoms with Crippen molar-refractivity contribution < 1.29 is 13.2 Å². The van der Waals surface area contributed by atoms with Crippen molar-refractivity contribution in [2.24, 2.45) is 11.8 Å². The van der Waals surface area contributed by atoms with Gasteiger partial charge in [-0.05, 0) is 37.8 Å². The fourth-order valence-electron chi connectivity index (χ4n) is 3.28.